The molecule has 1 aliphatic heterocycles. The van der Waals surface area contributed by atoms with Crippen LogP contribution in [0.1, 0.15) is 39.5 Å². The van der Waals surface area contributed by atoms with Gasteiger partial charge < -0.3 is 15.2 Å². The molecule has 0 amide bonds. The predicted molar refractivity (Wildman–Crippen MR) is 88.9 cm³/mol. The molecule has 2 heterocycles. The molecular formula is C18H25N3. The number of nitrogens with one attached hydrogen (secondary N) is 2. The van der Waals surface area contributed by atoms with Gasteiger partial charge in [-0.2, -0.15) is 0 Å². The normalized spacial score (nSPS) is 28.6. The lowest BCUT2D eigenvalue weighted by Crippen LogP contribution is -2.67. The van der Waals surface area contributed by atoms with Crippen LogP contribution in [0.4, 0.5) is 5.69 Å². The highest BCUT2D eigenvalue weighted by atomic mass is 15.3. The molecule has 2 aliphatic rings. The number of piperazine rings is 1. The number of benzene rings is 1. The summed E-state index contributed by atoms with van der Waals surface area (Å²) in [5.41, 5.74) is 2.80. The van der Waals surface area contributed by atoms with Gasteiger partial charge in [0.1, 0.15) is 0 Å². The molecule has 0 bridgehead atoms. The molecule has 2 N–H and O–H groups in total. The fourth-order valence-corrected chi connectivity index (χ4v) is 4.24. The van der Waals surface area contributed by atoms with Gasteiger partial charge in [0.2, 0.25) is 0 Å². The van der Waals surface area contributed by atoms with Crippen molar-refractivity contribution >= 4 is 16.6 Å². The molecule has 1 saturated carbocycles. The van der Waals surface area contributed by atoms with Crippen LogP contribution in [-0.2, 0) is 0 Å². The Morgan fingerprint density at radius 2 is 2.00 bits per heavy atom. The SMILES string of the molecule is CC1(C)CN(c2ccc3cc[nH]c3c2)[C@H]2CCCC[C@H]2N1. The molecular weight excluding hydrogens is 258 g/mol. The molecule has 2 fully saturated rings. The van der Waals surface area contributed by atoms with E-state index in [9.17, 15) is 0 Å². The molecule has 3 nitrogen and oxygen atoms in total. The van der Waals surface area contributed by atoms with Crippen molar-refractivity contribution in [2.75, 3.05) is 11.4 Å². The number of fused-ring (bicyclic) bond motifs is 2. The quantitative estimate of drug-likeness (QED) is 0.836. The van der Waals surface area contributed by atoms with Crippen molar-refractivity contribution in [3.63, 3.8) is 0 Å². The zero-order valence-electron chi connectivity index (χ0n) is 13.0. The van der Waals surface area contributed by atoms with E-state index in [1.807, 2.05) is 6.20 Å². The summed E-state index contributed by atoms with van der Waals surface area (Å²) in [6, 6.07) is 10.3. The largest absolute Gasteiger partial charge is 0.365 e. The van der Waals surface area contributed by atoms with Gasteiger partial charge in [0.15, 0.2) is 0 Å². The van der Waals surface area contributed by atoms with Crippen LogP contribution in [0.15, 0.2) is 30.5 Å². The number of hydrogen-bond acceptors (Lipinski definition) is 2. The van der Waals surface area contributed by atoms with Crippen molar-refractivity contribution in [3.05, 3.63) is 30.5 Å². The van der Waals surface area contributed by atoms with Gasteiger partial charge in [0.25, 0.3) is 0 Å². The monoisotopic (exact) mass is 283 g/mol. The van der Waals surface area contributed by atoms with Crippen LogP contribution < -0.4 is 10.2 Å². The summed E-state index contributed by atoms with van der Waals surface area (Å²) >= 11 is 0. The van der Waals surface area contributed by atoms with E-state index in [2.05, 4.69) is 53.3 Å². The lowest BCUT2D eigenvalue weighted by molar-refractivity contribution is 0.199. The lowest BCUT2D eigenvalue weighted by atomic mass is 9.83. The van der Waals surface area contributed by atoms with Crippen LogP contribution in [0.25, 0.3) is 10.9 Å². The average Bonchev–Trinajstić information content (AvgIpc) is 2.92. The highest BCUT2D eigenvalue weighted by Gasteiger charge is 2.40. The number of hydrogen-bond donors (Lipinski definition) is 2. The molecule has 4 rings (SSSR count). The van der Waals surface area contributed by atoms with Crippen LogP contribution in [0.2, 0.25) is 0 Å². The van der Waals surface area contributed by atoms with Gasteiger partial charge >= 0.3 is 0 Å². The molecule has 2 atom stereocenters. The summed E-state index contributed by atoms with van der Waals surface area (Å²) in [5.74, 6) is 0. The Labute approximate surface area is 126 Å². The van der Waals surface area contributed by atoms with Gasteiger partial charge in [-0.05, 0) is 50.3 Å². The molecule has 0 unspecified atom stereocenters. The van der Waals surface area contributed by atoms with Gasteiger partial charge in [0.05, 0.1) is 0 Å². The third-order valence-electron chi connectivity index (χ3n) is 5.14. The maximum atomic E-state index is 3.88. The summed E-state index contributed by atoms with van der Waals surface area (Å²) in [7, 11) is 0. The van der Waals surface area contributed by atoms with Gasteiger partial charge in [-0.3, -0.25) is 0 Å². The first kappa shape index (κ1) is 13.2. The Balaban J connectivity index is 1.72. The molecule has 0 radical (unpaired) electrons. The molecule has 1 saturated heterocycles. The van der Waals surface area contributed by atoms with Crippen molar-refractivity contribution in [1.29, 1.82) is 0 Å². The van der Waals surface area contributed by atoms with E-state index in [1.54, 1.807) is 0 Å². The number of nitrogens with zero attached hydrogens (tertiary/aromatic N) is 1. The Morgan fingerprint density at radius 1 is 1.14 bits per heavy atom. The molecule has 112 valence electrons. The molecule has 1 aromatic carbocycles. The summed E-state index contributed by atoms with van der Waals surface area (Å²) < 4.78 is 0. The standard InChI is InChI=1S/C18H25N3/c1-18(2)12-21(17-6-4-3-5-15(17)20-18)14-8-7-13-9-10-19-16(13)11-14/h7-11,15,17,19-20H,3-6,12H2,1-2H3/t15-,17+/m1/s1. The minimum absolute atomic E-state index is 0.184. The van der Waals surface area contributed by atoms with Crippen LogP contribution in [0, 0.1) is 0 Å². The zero-order valence-corrected chi connectivity index (χ0v) is 13.0. The van der Waals surface area contributed by atoms with Gasteiger partial charge in [-0.15, -0.1) is 0 Å². The lowest BCUT2D eigenvalue weighted by Gasteiger charge is -2.52. The second-order valence-electron chi connectivity index (χ2n) is 7.36. The Hall–Kier alpha value is -1.48. The van der Waals surface area contributed by atoms with Crippen LogP contribution in [0.5, 0.6) is 0 Å². The number of rotatable bonds is 1. The molecule has 1 aromatic heterocycles. The number of aromatic nitrogens is 1. The predicted octanol–water partition coefficient (Wildman–Crippen LogP) is 3.67. The van der Waals surface area contributed by atoms with Gasteiger partial charge in [-0.25, -0.2) is 0 Å². The van der Waals surface area contributed by atoms with Crippen molar-refractivity contribution < 1.29 is 0 Å². The topological polar surface area (TPSA) is 31.1 Å². The second kappa shape index (κ2) is 4.77. The summed E-state index contributed by atoms with van der Waals surface area (Å²) in [4.78, 5) is 6.00. The van der Waals surface area contributed by atoms with Crippen LogP contribution in [0.3, 0.4) is 0 Å². The van der Waals surface area contributed by atoms with Crippen LogP contribution in [-0.4, -0.2) is 29.2 Å². The molecule has 1 aliphatic carbocycles. The first-order valence-corrected chi connectivity index (χ1v) is 8.24. The van der Waals surface area contributed by atoms with E-state index >= 15 is 0 Å². The molecule has 3 heteroatoms. The summed E-state index contributed by atoms with van der Waals surface area (Å²) in [6.07, 6.45) is 7.39. The number of aromatic amines is 1. The summed E-state index contributed by atoms with van der Waals surface area (Å²) in [5, 5.41) is 5.18. The van der Waals surface area contributed by atoms with Gasteiger partial charge in [0, 0.05) is 41.6 Å². The first-order chi connectivity index (χ1) is 10.1. The maximum absolute atomic E-state index is 3.88. The molecule has 21 heavy (non-hydrogen) atoms. The fourth-order valence-electron chi connectivity index (χ4n) is 4.24. The number of anilines is 1. The van der Waals surface area contributed by atoms with E-state index in [-0.39, 0.29) is 5.54 Å². The highest BCUT2D eigenvalue weighted by Crippen LogP contribution is 2.34. The fraction of sp³-hybridized carbons (Fsp3) is 0.556. The van der Waals surface area contributed by atoms with Crippen LogP contribution >= 0.6 is 0 Å². The second-order valence-corrected chi connectivity index (χ2v) is 7.36. The maximum Gasteiger partial charge on any atom is 0.0474 e. The van der Waals surface area contributed by atoms with E-state index in [1.165, 1.54) is 42.3 Å². The number of H-pyrrole nitrogens is 1. The smallest absolute Gasteiger partial charge is 0.0474 e. The van der Waals surface area contributed by atoms with Crippen molar-refractivity contribution in [2.24, 2.45) is 0 Å². The molecule has 2 aromatic rings. The third kappa shape index (κ3) is 2.34. The first-order valence-electron chi connectivity index (χ1n) is 8.24. The minimum atomic E-state index is 0.184. The van der Waals surface area contributed by atoms with E-state index < -0.39 is 0 Å². The highest BCUT2D eigenvalue weighted by molar-refractivity contribution is 5.83. The van der Waals surface area contributed by atoms with Crippen molar-refractivity contribution in [1.82, 2.24) is 10.3 Å². The van der Waals surface area contributed by atoms with Gasteiger partial charge in [-0.1, -0.05) is 18.9 Å². The van der Waals surface area contributed by atoms with Crippen molar-refractivity contribution in [3.8, 4) is 0 Å². The average molecular weight is 283 g/mol. The van der Waals surface area contributed by atoms with Crippen molar-refractivity contribution in [2.45, 2.75) is 57.2 Å². The van der Waals surface area contributed by atoms with E-state index in [4.69, 9.17) is 0 Å². The molecule has 0 spiro atoms. The van der Waals surface area contributed by atoms with E-state index in [0.29, 0.717) is 12.1 Å². The minimum Gasteiger partial charge on any atom is -0.365 e. The zero-order chi connectivity index (χ0) is 14.4. The Morgan fingerprint density at radius 3 is 2.90 bits per heavy atom. The summed E-state index contributed by atoms with van der Waals surface area (Å²) in [6.45, 7) is 5.75. The Bertz CT molecular complexity index is 643. The van der Waals surface area contributed by atoms with E-state index in [0.717, 1.165) is 6.54 Å². The Kier molecular flexibility index (Phi) is 3.00. The third-order valence-corrected chi connectivity index (χ3v) is 5.14.